The third kappa shape index (κ3) is 4.62. The number of rotatable bonds is 5. The highest BCUT2D eigenvalue weighted by atomic mass is 35.5. The summed E-state index contributed by atoms with van der Waals surface area (Å²) in [6, 6.07) is 2.86. The number of pyridine rings is 1. The van der Waals surface area contributed by atoms with Crippen LogP contribution in [0.15, 0.2) is 29.3 Å². The molecule has 118 valence electrons. The zero-order chi connectivity index (χ0) is 16.2. The molecule has 0 radical (unpaired) electrons. The Morgan fingerprint density at radius 2 is 2.09 bits per heavy atom. The van der Waals surface area contributed by atoms with Gasteiger partial charge in [-0.2, -0.15) is 18.3 Å². The van der Waals surface area contributed by atoms with E-state index in [4.69, 9.17) is 11.6 Å². The number of nitrogens with zero attached hydrogens (tertiary/aromatic N) is 2. The molecule has 0 unspecified atom stereocenters. The summed E-state index contributed by atoms with van der Waals surface area (Å²) in [4.78, 5) is 15.0. The van der Waals surface area contributed by atoms with Crippen LogP contribution in [0.25, 0.3) is 0 Å². The highest BCUT2D eigenvalue weighted by Gasteiger charge is 2.28. The quantitative estimate of drug-likeness (QED) is 0.877. The van der Waals surface area contributed by atoms with Crippen LogP contribution in [-0.4, -0.2) is 28.0 Å². The maximum absolute atomic E-state index is 12.0. The van der Waals surface area contributed by atoms with Gasteiger partial charge in [-0.05, 0) is 5.56 Å². The van der Waals surface area contributed by atoms with Gasteiger partial charge < -0.3 is 10.1 Å². The molecule has 2 N–H and O–H groups in total. The molecule has 0 spiro atoms. The molecule has 0 saturated heterocycles. The molecule has 22 heavy (non-hydrogen) atoms. The van der Waals surface area contributed by atoms with Gasteiger partial charge in [-0.25, -0.2) is 10.1 Å². The van der Waals surface area contributed by atoms with Gasteiger partial charge in [0.1, 0.15) is 5.02 Å². The van der Waals surface area contributed by atoms with Gasteiger partial charge in [-0.15, -0.1) is 0 Å². The first kappa shape index (κ1) is 16.1. The fourth-order valence-corrected chi connectivity index (χ4v) is 1.62. The number of hydrogen-bond acceptors (Lipinski definition) is 5. The highest BCUT2D eigenvalue weighted by Crippen LogP contribution is 2.18. The second-order valence-electron chi connectivity index (χ2n) is 4.19. The highest BCUT2D eigenvalue weighted by molar-refractivity contribution is 6.32. The first-order valence-electron chi connectivity index (χ1n) is 5.97. The third-order valence-corrected chi connectivity index (χ3v) is 2.84. The van der Waals surface area contributed by atoms with Crippen molar-refractivity contribution in [3.63, 3.8) is 0 Å². The van der Waals surface area contributed by atoms with Crippen LogP contribution in [0.1, 0.15) is 5.56 Å². The Morgan fingerprint density at radius 1 is 1.32 bits per heavy atom. The maximum Gasteiger partial charge on any atom is 0.422 e. The lowest BCUT2D eigenvalue weighted by atomic mass is 10.3. The van der Waals surface area contributed by atoms with E-state index in [1.165, 1.54) is 18.5 Å². The van der Waals surface area contributed by atoms with Gasteiger partial charge in [0.2, 0.25) is 5.88 Å². The number of H-pyrrole nitrogens is 1. The zero-order valence-corrected chi connectivity index (χ0v) is 11.7. The van der Waals surface area contributed by atoms with Gasteiger partial charge in [0.25, 0.3) is 5.56 Å². The maximum atomic E-state index is 12.0. The fraction of sp³-hybridized carbons (Fsp3) is 0.250. The normalized spacial score (nSPS) is 11.3. The first-order chi connectivity index (χ1) is 10.3. The Labute approximate surface area is 127 Å². The van der Waals surface area contributed by atoms with Gasteiger partial charge in [-0.1, -0.05) is 17.7 Å². The van der Waals surface area contributed by atoms with E-state index >= 15 is 0 Å². The lowest BCUT2D eigenvalue weighted by Crippen LogP contribution is -2.19. The average Bonchev–Trinajstić information content (AvgIpc) is 2.47. The lowest BCUT2D eigenvalue weighted by Gasteiger charge is -2.09. The summed E-state index contributed by atoms with van der Waals surface area (Å²) in [7, 11) is 0. The zero-order valence-electron chi connectivity index (χ0n) is 10.9. The summed E-state index contributed by atoms with van der Waals surface area (Å²) < 4.78 is 40.5. The number of aromatic nitrogens is 3. The molecule has 2 aromatic heterocycles. The molecule has 0 aliphatic carbocycles. The third-order valence-electron chi connectivity index (χ3n) is 2.46. The van der Waals surface area contributed by atoms with Gasteiger partial charge in [0, 0.05) is 18.8 Å². The topological polar surface area (TPSA) is 79.9 Å². The number of alkyl halides is 3. The molecule has 0 saturated carbocycles. The van der Waals surface area contributed by atoms with E-state index < -0.39 is 18.3 Å². The van der Waals surface area contributed by atoms with Crippen LogP contribution in [0.4, 0.5) is 18.9 Å². The van der Waals surface area contributed by atoms with E-state index in [1.54, 1.807) is 6.07 Å². The first-order valence-corrected chi connectivity index (χ1v) is 6.34. The van der Waals surface area contributed by atoms with Crippen LogP contribution < -0.4 is 15.6 Å². The Balaban J connectivity index is 1.94. The van der Waals surface area contributed by atoms with Crippen molar-refractivity contribution in [1.82, 2.24) is 15.2 Å². The van der Waals surface area contributed by atoms with Crippen LogP contribution >= 0.6 is 11.6 Å². The summed E-state index contributed by atoms with van der Waals surface area (Å²) in [5.74, 6) is -0.128. The lowest BCUT2D eigenvalue weighted by molar-refractivity contribution is -0.154. The number of anilines is 1. The van der Waals surface area contributed by atoms with Crippen molar-refractivity contribution in [3.8, 4) is 5.88 Å². The van der Waals surface area contributed by atoms with E-state index in [0.29, 0.717) is 11.3 Å². The minimum atomic E-state index is -4.41. The monoisotopic (exact) mass is 334 g/mol. The second-order valence-corrected chi connectivity index (χ2v) is 4.57. The standard InChI is InChI=1S/C12H10ClF3N4O2/c13-10-8(5-19-20-11(10)21)17-3-7-1-2-9(18-4-7)22-6-12(14,15)16/h1-2,4-5H,3,6H2,(H2,17,20,21). The van der Waals surface area contributed by atoms with Crippen LogP contribution in [-0.2, 0) is 6.54 Å². The Morgan fingerprint density at radius 3 is 2.73 bits per heavy atom. The van der Waals surface area contributed by atoms with Crippen molar-refractivity contribution < 1.29 is 17.9 Å². The molecular formula is C12H10ClF3N4O2. The number of ether oxygens (including phenoxy) is 1. The smallest absolute Gasteiger partial charge is 0.422 e. The number of nitrogens with one attached hydrogen (secondary N) is 2. The molecule has 0 amide bonds. The van der Waals surface area contributed by atoms with Crippen LogP contribution in [0.3, 0.4) is 0 Å². The summed E-state index contributed by atoms with van der Waals surface area (Å²) in [5, 5.41) is 8.60. The largest absolute Gasteiger partial charge is 0.468 e. The SMILES string of the molecule is O=c1[nH]ncc(NCc2ccc(OCC(F)(F)F)nc2)c1Cl. The minimum absolute atomic E-state index is 0.0342. The molecule has 10 heteroatoms. The van der Waals surface area contributed by atoms with E-state index in [-0.39, 0.29) is 17.4 Å². The molecule has 2 aromatic rings. The van der Waals surface area contributed by atoms with E-state index in [1.807, 2.05) is 0 Å². The van der Waals surface area contributed by atoms with Crippen molar-refractivity contribution in [2.45, 2.75) is 12.7 Å². The number of halogens is 4. The summed E-state index contributed by atoms with van der Waals surface area (Å²) in [6.07, 6.45) is -1.71. The predicted molar refractivity (Wildman–Crippen MR) is 73.0 cm³/mol. The van der Waals surface area contributed by atoms with Gasteiger partial charge in [0.15, 0.2) is 6.61 Å². The van der Waals surface area contributed by atoms with Crippen molar-refractivity contribution >= 4 is 17.3 Å². The van der Waals surface area contributed by atoms with E-state index in [0.717, 1.165) is 0 Å². The summed E-state index contributed by atoms with van der Waals surface area (Å²) in [5.41, 5.74) is 0.471. The Bertz CT molecular complexity index is 688. The molecule has 0 aliphatic heterocycles. The molecule has 0 aliphatic rings. The molecule has 6 nitrogen and oxygen atoms in total. The van der Waals surface area contributed by atoms with Crippen LogP contribution in [0, 0.1) is 0 Å². The number of hydrogen-bond donors (Lipinski definition) is 2. The van der Waals surface area contributed by atoms with Crippen molar-refractivity contribution in [3.05, 3.63) is 45.5 Å². The average molecular weight is 335 g/mol. The fourth-order valence-electron chi connectivity index (χ4n) is 1.46. The summed E-state index contributed by atoms with van der Waals surface area (Å²) >= 11 is 5.78. The molecule has 2 rings (SSSR count). The molecule has 0 bridgehead atoms. The molecule has 0 atom stereocenters. The van der Waals surface area contributed by atoms with Gasteiger partial charge in [-0.3, -0.25) is 4.79 Å². The van der Waals surface area contributed by atoms with Crippen LogP contribution in [0.5, 0.6) is 5.88 Å². The number of aromatic amines is 1. The summed E-state index contributed by atoms with van der Waals surface area (Å²) in [6.45, 7) is -1.14. The van der Waals surface area contributed by atoms with Gasteiger partial charge >= 0.3 is 6.18 Å². The second kappa shape index (κ2) is 6.65. The minimum Gasteiger partial charge on any atom is -0.468 e. The van der Waals surface area contributed by atoms with Crippen molar-refractivity contribution in [1.29, 1.82) is 0 Å². The Hall–Kier alpha value is -2.29. The van der Waals surface area contributed by atoms with Gasteiger partial charge in [0.05, 0.1) is 11.9 Å². The molecular weight excluding hydrogens is 325 g/mol. The molecule has 2 heterocycles. The van der Waals surface area contributed by atoms with Crippen LogP contribution in [0.2, 0.25) is 5.02 Å². The van der Waals surface area contributed by atoms with E-state index in [9.17, 15) is 18.0 Å². The predicted octanol–water partition coefficient (Wildman–Crippen LogP) is 2.37. The molecule has 0 fully saturated rings. The Kier molecular flexibility index (Phi) is 4.86. The van der Waals surface area contributed by atoms with Crippen molar-refractivity contribution in [2.75, 3.05) is 11.9 Å². The van der Waals surface area contributed by atoms with E-state index in [2.05, 4.69) is 25.2 Å². The molecule has 0 aromatic carbocycles. The van der Waals surface area contributed by atoms with Crippen molar-refractivity contribution in [2.24, 2.45) is 0 Å².